The molecule has 0 aliphatic heterocycles. The molecule has 1 fully saturated rings. The predicted molar refractivity (Wildman–Crippen MR) is 67.4 cm³/mol. The van der Waals surface area contributed by atoms with E-state index in [1.807, 2.05) is 13.8 Å². The highest BCUT2D eigenvalue weighted by molar-refractivity contribution is 5.66. The van der Waals surface area contributed by atoms with Gasteiger partial charge in [-0.3, -0.25) is 4.79 Å². The predicted octanol–water partition coefficient (Wildman–Crippen LogP) is 2.35. The molecule has 1 atom stereocenters. The van der Waals surface area contributed by atoms with Crippen LogP contribution in [0.4, 0.5) is 0 Å². The second-order valence-corrected chi connectivity index (χ2v) is 5.38. The average molecular weight is 251 g/mol. The second-order valence-electron chi connectivity index (χ2n) is 5.38. The normalized spacial score (nSPS) is 18.1. The molecule has 5 nitrogen and oxygen atoms in total. The largest absolute Gasteiger partial charge is 0.481 e. The van der Waals surface area contributed by atoms with Gasteiger partial charge in [-0.15, -0.1) is 10.2 Å². The minimum Gasteiger partial charge on any atom is -0.481 e. The van der Waals surface area contributed by atoms with Crippen molar-refractivity contribution in [1.29, 1.82) is 0 Å². The highest BCUT2D eigenvalue weighted by Crippen LogP contribution is 2.31. The van der Waals surface area contributed by atoms with Crippen molar-refractivity contribution < 1.29 is 9.90 Å². The quantitative estimate of drug-likeness (QED) is 0.872. The zero-order valence-corrected chi connectivity index (χ0v) is 11.1. The lowest BCUT2D eigenvalue weighted by atomic mass is 10.0. The number of hydrogen-bond donors (Lipinski definition) is 1. The van der Waals surface area contributed by atoms with Gasteiger partial charge in [0.25, 0.3) is 0 Å². The van der Waals surface area contributed by atoms with Crippen LogP contribution in [-0.4, -0.2) is 25.8 Å². The van der Waals surface area contributed by atoms with Crippen LogP contribution in [0.2, 0.25) is 0 Å². The average Bonchev–Trinajstić information content (AvgIpc) is 2.87. The number of carboxylic acid groups (broad SMARTS) is 1. The molecule has 0 radical (unpaired) electrons. The van der Waals surface area contributed by atoms with E-state index in [9.17, 15) is 4.79 Å². The SMILES string of the molecule is Cc1nnc(CC(C)CC(=O)O)n1C1CCCC1. The van der Waals surface area contributed by atoms with E-state index < -0.39 is 5.97 Å². The van der Waals surface area contributed by atoms with Crippen molar-refractivity contribution in [3.8, 4) is 0 Å². The monoisotopic (exact) mass is 251 g/mol. The lowest BCUT2D eigenvalue weighted by molar-refractivity contribution is -0.137. The Labute approximate surface area is 107 Å². The molecule has 1 saturated carbocycles. The number of aryl methyl sites for hydroxylation is 1. The van der Waals surface area contributed by atoms with Gasteiger partial charge in [-0.2, -0.15) is 0 Å². The summed E-state index contributed by atoms with van der Waals surface area (Å²) in [6, 6.07) is 0.520. The van der Waals surface area contributed by atoms with E-state index in [-0.39, 0.29) is 12.3 Å². The van der Waals surface area contributed by atoms with Crippen molar-refractivity contribution in [2.75, 3.05) is 0 Å². The Bertz CT molecular complexity index is 422. The first-order valence-electron chi connectivity index (χ1n) is 6.70. The maximum absolute atomic E-state index is 10.7. The first kappa shape index (κ1) is 13.1. The molecule has 1 aliphatic rings. The van der Waals surface area contributed by atoms with Gasteiger partial charge in [-0.05, 0) is 25.7 Å². The summed E-state index contributed by atoms with van der Waals surface area (Å²) in [6.45, 7) is 3.94. The number of carboxylic acids is 1. The zero-order valence-electron chi connectivity index (χ0n) is 11.1. The van der Waals surface area contributed by atoms with Gasteiger partial charge in [0.15, 0.2) is 0 Å². The first-order chi connectivity index (χ1) is 8.58. The summed E-state index contributed by atoms with van der Waals surface area (Å²) in [6.07, 6.45) is 5.82. The Kier molecular flexibility index (Phi) is 3.99. The van der Waals surface area contributed by atoms with Crippen molar-refractivity contribution in [3.05, 3.63) is 11.6 Å². The lowest BCUT2D eigenvalue weighted by Gasteiger charge is -2.17. The molecular formula is C13H21N3O2. The van der Waals surface area contributed by atoms with Crippen molar-refractivity contribution in [2.45, 2.75) is 58.4 Å². The van der Waals surface area contributed by atoms with E-state index in [1.165, 1.54) is 25.7 Å². The van der Waals surface area contributed by atoms with E-state index in [0.717, 1.165) is 11.6 Å². The molecule has 0 bridgehead atoms. The molecule has 1 N–H and O–H groups in total. The third-order valence-corrected chi connectivity index (χ3v) is 3.68. The highest BCUT2D eigenvalue weighted by atomic mass is 16.4. The summed E-state index contributed by atoms with van der Waals surface area (Å²) in [5, 5.41) is 17.2. The number of aliphatic carboxylic acids is 1. The first-order valence-corrected chi connectivity index (χ1v) is 6.70. The standard InChI is InChI=1S/C13H21N3O2/c1-9(8-13(17)18)7-12-15-14-10(2)16(12)11-5-3-4-6-11/h9,11H,3-8H2,1-2H3,(H,17,18). The Hall–Kier alpha value is -1.39. The summed E-state index contributed by atoms with van der Waals surface area (Å²) >= 11 is 0. The van der Waals surface area contributed by atoms with Crippen molar-refractivity contribution in [2.24, 2.45) is 5.92 Å². The van der Waals surface area contributed by atoms with Gasteiger partial charge in [-0.25, -0.2) is 0 Å². The lowest BCUT2D eigenvalue weighted by Crippen LogP contribution is -2.15. The summed E-state index contributed by atoms with van der Waals surface area (Å²) in [7, 11) is 0. The van der Waals surface area contributed by atoms with Crippen molar-refractivity contribution >= 4 is 5.97 Å². The van der Waals surface area contributed by atoms with Gasteiger partial charge in [0, 0.05) is 18.9 Å². The van der Waals surface area contributed by atoms with E-state index >= 15 is 0 Å². The molecule has 0 amide bonds. The second kappa shape index (κ2) is 5.50. The van der Waals surface area contributed by atoms with E-state index in [4.69, 9.17) is 5.11 Å². The number of nitrogens with zero attached hydrogens (tertiary/aromatic N) is 3. The molecule has 1 heterocycles. The summed E-state index contributed by atoms with van der Waals surface area (Å²) in [5.74, 6) is 1.27. The summed E-state index contributed by atoms with van der Waals surface area (Å²) < 4.78 is 2.23. The molecule has 1 unspecified atom stereocenters. The van der Waals surface area contributed by atoms with E-state index in [2.05, 4.69) is 14.8 Å². The van der Waals surface area contributed by atoms with Gasteiger partial charge >= 0.3 is 5.97 Å². The number of hydrogen-bond acceptors (Lipinski definition) is 3. The third-order valence-electron chi connectivity index (χ3n) is 3.68. The number of carbonyl (C=O) groups is 1. The van der Waals surface area contributed by atoms with Crippen LogP contribution in [0.5, 0.6) is 0 Å². The number of rotatable bonds is 5. The molecule has 0 aromatic carbocycles. The van der Waals surface area contributed by atoms with Gasteiger partial charge in [0.05, 0.1) is 0 Å². The minimum absolute atomic E-state index is 0.103. The molecule has 0 saturated heterocycles. The van der Waals surface area contributed by atoms with E-state index in [1.54, 1.807) is 0 Å². The summed E-state index contributed by atoms with van der Waals surface area (Å²) in [5.41, 5.74) is 0. The van der Waals surface area contributed by atoms with Crippen LogP contribution >= 0.6 is 0 Å². The number of aromatic nitrogens is 3. The van der Waals surface area contributed by atoms with Gasteiger partial charge in [-0.1, -0.05) is 19.8 Å². The molecule has 5 heteroatoms. The Balaban J connectivity index is 2.10. The molecule has 2 rings (SSSR count). The van der Waals surface area contributed by atoms with Crippen LogP contribution in [0.3, 0.4) is 0 Å². The molecule has 1 aromatic rings. The van der Waals surface area contributed by atoms with Crippen LogP contribution in [0, 0.1) is 12.8 Å². The van der Waals surface area contributed by atoms with Crippen LogP contribution in [-0.2, 0) is 11.2 Å². The van der Waals surface area contributed by atoms with Crippen molar-refractivity contribution in [3.63, 3.8) is 0 Å². The molecule has 100 valence electrons. The van der Waals surface area contributed by atoms with Crippen LogP contribution in [0.15, 0.2) is 0 Å². The van der Waals surface area contributed by atoms with Crippen LogP contribution < -0.4 is 0 Å². The molecule has 1 aliphatic carbocycles. The Morgan fingerprint density at radius 1 is 1.44 bits per heavy atom. The summed E-state index contributed by atoms with van der Waals surface area (Å²) in [4.78, 5) is 10.7. The highest BCUT2D eigenvalue weighted by Gasteiger charge is 2.23. The Morgan fingerprint density at radius 2 is 2.11 bits per heavy atom. The van der Waals surface area contributed by atoms with E-state index in [0.29, 0.717) is 12.5 Å². The molecule has 18 heavy (non-hydrogen) atoms. The van der Waals surface area contributed by atoms with Gasteiger partial charge in [0.2, 0.25) is 0 Å². The molecular weight excluding hydrogens is 230 g/mol. The van der Waals surface area contributed by atoms with Gasteiger partial charge < -0.3 is 9.67 Å². The maximum Gasteiger partial charge on any atom is 0.303 e. The Morgan fingerprint density at radius 3 is 2.72 bits per heavy atom. The fraction of sp³-hybridized carbons (Fsp3) is 0.769. The molecule has 1 aromatic heterocycles. The topological polar surface area (TPSA) is 68.0 Å². The fourth-order valence-corrected chi connectivity index (χ4v) is 2.87. The van der Waals surface area contributed by atoms with Crippen LogP contribution in [0.1, 0.15) is 56.7 Å². The molecule has 0 spiro atoms. The minimum atomic E-state index is -0.744. The van der Waals surface area contributed by atoms with Crippen molar-refractivity contribution in [1.82, 2.24) is 14.8 Å². The zero-order chi connectivity index (χ0) is 13.1. The fourth-order valence-electron chi connectivity index (χ4n) is 2.87. The van der Waals surface area contributed by atoms with Crippen LogP contribution in [0.25, 0.3) is 0 Å². The smallest absolute Gasteiger partial charge is 0.303 e. The maximum atomic E-state index is 10.7. The van der Waals surface area contributed by atoms with Gasteiger partial charge in [0.1, 0.15) is 11.6 Å². The third kappa shape index (κ3) is 2.89.